The number of pyridine rings is 1. The van der Waals surface area contributed by atoms with E-state index in [1.165, 1.54) is 6.20 Å². The van der Waals surface area contributed by atoms with E-state index in [-0.39, 0.29) is 30.0 Å². The Bertz CT molecular complexity index is 969. The molecule has 0 spiro atoms. The molecule has 5 aliphatic carbocycles. The summed E-state index contributed by atoms with van der Waals surface area (Å²) in [6.45, 7) is 0.457. The number of carbonyl (C=O) groups excluding carboxylic acids is 1. The Balaban J connectivity index is 1.29. The number of carbonyl (C=O) groups is 2. The lowest BCUT2D eigenvalue weighted by Gasteiger charge is -2.60. The zero-order valence-corrected chi connectivity index (χ0v) is 19.3. The molecule has 1 saturated heterocycles. The highest BCUT2D eigenvalue weighted by molar-refractivity contribution is 6.31. The number of nitrogens with one attached hydrogen (secondary N) is 2. The first-order chi connectivity index (χ1) is 15.8. The van der Waals surface area contributed by atoms with Crippen LogP contribution in [0.15, 0.2) is 12.3 Å². The van der Waals surface area contributed by atoms with Gasteiger partial charge < -0.3 is 25.7 Å². The summed E-state index contributed by atoms with van der Waals surface area (Å²) >= 11 is 6.16. The van der Waals surface area contributed by atoms with Crippen LogP contribution in [0.5, 0.6) is 0 Å². The molecule has 6 fully saturated rings. The number of aliphatic hydroxyl groups is 1. The Labute approximate surface area is 198 Å². The molecule has 4 bridgehead atoms. The zero-order chi connectivity index (χ0) is 22.9. The van der Waals surface area contributed by atoms with Gasteiger partial charge in [0.15, 0.2) is 0 Å². The molecule has 178 valence electrons. The first-order valence-corrected chi connectivity index (χ1v) is 12.6. The van der Waals surface area contributed by atoms with E-state index in [0.717, 1.165) is 44.9 Å². The highest BCUT2D eigenvalue weighted by Gasteiger charge is 2.59. The van der Waals surface area contributed by atoms with Crippen LogP contribution in [0, 0.1) is 23.7 Å². The first-order valence-electron chi connectivity index (χ1n) is 12.2. The number of hydrogen-bond acceptors (Lipinski definition) is 5. The summed E-state index contributed by atoms with van der Waals surface area (Å²) in [6, 6.07) is 1.51. The third-order valence-corrected chi connectivity index (χ3v) is 8.95. The molecule has 7 atom stereocenters. The Morgan fingerprint density at radius 3 is 2.52 bits per heavy atom. The molecule has 33 heavy (non-hydrogen) atoms. The molecule has 6 aliphatic rings. The summed E-state index contributed by atoms with van der Waals surface area (Å²) in [4.78, 5) is 31.1. The van der Waals surface area contributed by atoms with Gasteiger partial charge in [-0.1, -0.05) is 11.6 Å². The van der Waals surface area contributed by atoms with Gasteiger partial charge in [0.05, 0.1) is 28.3 Å². The van der Waals surface area contributed by atoms with Gasteiger partial charge in [-0.05, 0) is 81.1 Å². The molecule has 8 nitrogen and oxygen atoms in total. The molecule has 5 saturated carbocycles. The number of rotatable bonds is 5. The second kappa shape index (κ2) is 7.73. The second-order valence-electron chi connectivity index (χ2n) is 11.1. The van der Waals surface area contributed by atoms with Crippen LogP contribution in [0.1, 0.15) is 61.7 Å². The average Bonchev–Trinajstić information content (AvgIpc) is 3.45. The van der Waals surface area contributed by atoms with Crippen LogP contribution in [-0.4, -0.2) is 62.4 Å². The quantitative estimate of drug-likeness (QED) is 0.520. The van der Waals surface area contributed by atoms with Crippen molar-refractivity contribution in [2.75, 3.05) is 11.9 Å². The predicted molar refractivity (Wildman–Crippen MR) is 122 cm³/mol. The van der Waals surface area contributed by atoms with Crippen molar-refractivity contribution < 1.29 is 19.8 Å². The van der Waals surface area contributed by atoms with Crippen LogP contribution in [0.25, 0.3) is 0 Å². The number of halogens is 1. The zero-order valence-electron chi connectivity index (χ0n) is 18.5. The Morgan fingerprint density at radius 2 is 1.88 bits per heavy atom. The van der Waals surface area contributed by atoms with Gasteiger partial charge in [-0.3, -0.25) is 4.79 Å². The lowest BCUT2D eigenvalue weighted by Crippen LogP contribution is -2.61. The van der Waals surface area contributed by atoms with Crippen LogP contribution < -0.4 is 10.6 Å². The van der Waals surface area contributed by atoms with E-state index in [2.05, 4.69) is 15.6 Å². The third kappa shape index (κ3) is 3.85. The fourth-order valence-corrected chi connectivity index (χ4v) is 7.80. The minimum absolute atomic E-state index is 0.139. The van der Waals surface area contributed by atoms with E-state index in [4.69, 9.17) is 11.6 Å². The summed E-state index contributed by atoms with van der Waals surface area (Å²) in [5.74, 6) is 1.72. The summed E-state index contributed by atoms with van der Waals surface area (Å²) < 4.78 is 0. The van der Waals surface area contributed by atoms with E-state index in [9.17, 15) is 19.8 Å². The monoisotopic (exact) mass is 474 g/mol. The van der Waals surface area contributed by atoms with Gasteiger partial charge in [0.25, 0.3) is 5.91 Å². The van der Waals surface area contributed by atoms with Gasteiger partial charge >= 0.3 is 6.09 Å². The topological polar surface area (TPSA) is 115 Å². The van der Waals surface area contributed by atoms with E-state index in [1.54, 1.807) is 11.0 Å². The lowest BCUT2D eigenvalue weighted by atomic mass is 9.48. The molecule has 5 unspecified atom stereocenters. The van der Waals surface area contributed by atoms with Gasteiger partial charge in [-0.2, -0.15) is 0 Å². The van der Waals surface area contributed by atoms with E-state index >= 15 is 0 Å². The van der Waals surface area contributed by atoms with E-state index < -0.39 is 11.7 Å². The average molecular weight is 475 g/mol. The van der Waals surface area contributed by atoms with E-state index in [1.807, 2.05) is 0 Å². The predicted octanol–water partition coefficient (Wildman–Crippen LogP) is 3.35. The van der Waals surface area contributed by atoms with E-state index in [0.29, 0.717) is 47.1 Å². The molecule has 7 rings (SSSR count). The van der Waals surface area contributed by atoms with Gasteiger partial charge in [-0.25, -0.2) is 9.78 Å². The molecule has 0 aromatic carbocycles. The van der Waals surface area contributed by atoms with Crippen molar-refractivity contribution >= 4 is 29.4 Å². The summed E-state index contributed by atoms with van der Waals surface area (Å²) in [5, 5.41) is 27.9. The smallest absolute Gasteiger partial charge is 0.407 e. The van der Waals surface area contributed by atoms with Crippen LogP contribution in [-0.2, 0) is 0 Å². The maximum Gasteiger partial charge on any atom is 0.407 e. The fourth-order valence-electron chi connectivity index (χ4n) is 7.64. The highest BCUT2D eigenvalue weighted by atomic mass is 35.5. The fraction of sp³-hybridized carbons (Fsp3) is 0.708. The summed E-state index contributed by atoms with van der Waals surface area (Å²) in [6.07, 6.45) is 7.86. The second-order valence-corrected chi connectivity index (χ2v) is 11.5. The van der Waals surface area contributed by atoms with Gasteiger partial charge in [-0.15, -0.1) is 0 Å². The van der Waals surface area contributed by atoms with Crippen molar-refractivity contribution in [2.45, 2.75) is 75.1 Å². The molecule has 2 heterocycles. The normalized spacial score (nSPS) is 39.0. The number of amides is 2. The van der Waals surface area contributed by atoms with Crippen molar-refractivity contribution in [2.24, 2.45) is 23.7 Å². The first kappa shape index (κ1) is 21.5. The maximum atomic E-state index is 12.9. The molecular formula is C24H31ClN4O4. The van der Waals surface area contributed by atoms with Gasteiger partial charge in [0, 0.05) is 18.8 Å². The van der Waals surface area contributed by atoms with Crippen LogP contribution in [0.3, 0.4) is 0 Å². The number of aromatic nitrogens is 1. The Hall–Kier alpha value is -2.06. The number of nitrogens with zero attached hydrogens (tertiary/aromatic N) is 2. The van der Waals surface area contributed by atoms with Crippen LogP contribution in [0.4, 0.5) is 10.6 Å². The van der Waals surface area contributed by atoms with Crippen LogP contribution >= 0.6 is 11.6 Å². The molecule has 1 aliphatic heterocycles. The van der Waals surface area contributed by atoms with Crippen LogP contribution in [0.2, 0.25) is 5.02 Å². The lowest BCUT2D eigenvalue weighted by molar-refractivity contribution is -0.162. The van der Waals surface area contributed by atoms with Crippen molar-refractivity contribution in [3.05, 3.63) is 22.8 Å². The standard InChI is InChI=1S/C24H31ClN4O4/c25-15-7-17(22(30)27-16-1-2-16)21(26-11-15)28-18-3-4-29(23(31)32)20(18)19-13-5-12-6-14(19)10-24(33,8-12)9-13/h7,11-14,16,18-20,33H,1-6,8-10H2,(H,26,28)(H,27,30)(H,31,32)/t12?,13-,14+,18?,19?,20?,24?. The number of anilines is 1. The Kier molecular flexibility index (Phi) is 5.03. The van der Waals surface area contributed by atoms with Gasteiger partial charge in [0.1, 0.15) is 5.82 Å². The molecule has 0 radical (unpaired) electrons. The van der Waals surface area contributed by atoms with Crippen molar-refractivity contribution in [1.82, 2.24) is 15.2 Å². The minimum atomic E-state index is -0.896. The van der Waals surface area contributed by atoms with Gasteiger partial charge in [0.2, 0.25) is 0 Å². The summed E-state index contributed by atoms with van der Waals surface area (Å²) in [5.41, 5.74) is -0.157. The van der Waals surface area contributed by atoms with Crippen molar-refractivity contribution in [1.29, 1.82) is 0 Å². The molecule has 1 aromatic heterocycles. The van der Waals surface area contributed by atoms with Crippen molar-refractivity contribution in [3.8, 4) is 0 Å². The largest absolute Gasteiger partial charge is 0.465 e. The number of likely N-dealkylation sites (tertiary alicyclic amines) is 1. The molecular weight excluding hydrogens is 444 g/mol. The molecule has 2 amide bonds. The highest BCUT2D eigenvalue weighted by Crippen LogP contribution is 2.60. The third-order valence-electron chi connectivity index (χ3n) is 8.74. The maximum absolute atomic E-state index is 12.9. The minimum Gasteiger partial charge on any atom is -0.465 e. The van der Waals surface area contributed by atoms with Crippen molar-refractivity contribution in [3.63, 3.8) is 0 Å². The molecule has 9 heteroatoms. The Morgan fingerprint density at radius 1 is 1.15 bits per heavy atom. The molecule has 4 N–H and O–H groups in total. The number of carboxylic acid groups (broad SMARTS) is 1. The summed E-state index contributed by atoms with van der Waals surface area (Å²) in [7, 11) is 0. The SMILES string of the molecule is O=C(NC1CC1)c1cc(Cl)cnc1NC1CCN(C(=O)O)C1C1[C@@H]2CC3C[C@H]1CC(O)(C3)C2. The number of hydrogen-bond donors (Lipinski definition) is 4. The molecule has 1 aromatic rings.